The van der Waals surface area contributed by atoms with Gasteiger partial charge in [-0.25, -0.2) is 4.79 Å². The molecule has 1 heterocycles. The van der Waals surface area contributed by atoms with Gasteiger partial charge in [-0.2, -0.15) is 0 Å². The molecule has 1 aliphatic rings. The van der Waals surface area contributed by atoms with Crippen LogP contribution in [0.2, 0.25) is 0 Å². The van der Waals surface area contributed by atoms with E-state index in [2.05, 4.69) is 39.8 Å². The molecular weight excluding hydrogens is 342 g/mol. The Hall–Kier alpha value is -2.89. The number of nitrogens with zero attached hydrogens (tertiary/aromatic N) is 1. The highest BCUT2D eigenvalue weighted by Crippen LogP contribution is 2.27. The summed E-state index contributed by atoms with van der Waals surface area (Å²) in [5.74, 6) is 1.33. The van der Waals surface area contributed by atoms with Crippen molar-refractivity contribution in [3.05, 3.63) is 53.6 Å². The second-order valence-corrected chi connectivity index (χ2v) is 6.52. The van der Waals surface area contributed by atoms with Gasteiger partial charge in [0.15, 0.2) is 11.5 Å². The lowest BCUT2D eigenvalue weighted by atomic mass is 10.0. The number of anilines is 1. The van der Waals surface area contributed by atoms with Gasteiger partial charge in [-0.3, -0.25) is 0 Å². The third-order valence-electron chi connectivity index (χ3n) is 4.77. The van der Waals surface area contributed by atoms with E-state index >= 15 is 0 Å². The first-order valence-corrected chi connectivity index (χ1v) is 9.26. The number of methoxy groups -OCH3 is 2. The number of aryl methyl sites for hydroxylation is 1. The highest BCUT2D eigenvalue weighted by Gasteiger charge is 2.15. The first-order chi connectivity index (χ1) is 13.2. The number of carbonyl (C=O) groups is 1. The second-order valence-electron chi connectivity index (χ2n) is 6.52. The topological polar surface area (TPSA) is 62.8 Å². The van der Waals surface area contributed by atoms with E-state index in [1.54, 1.807) is 14.2 Å². The zero-order valence-corrected chi connectivity index (χ0v) is 16.0. The average molecular weight is 369 g/mol. The summed E-state index contributed by atoms with van der Waals surface area (Å²) >= 11 is 0. The van der Waals surface area contributed by atoms with Gasteiger partial charge in [-0.15, -0.1) is 0 Å². The quantitative estimate of drug-likeness (QED) is 0.788. The molecule has 0 aromatic heterocycles. The molecule has 0 saturated heterocycles. The lowest BCUT2D eigenvalue weighted by molar-refractivity contribution is 0.240. The Labute approximate surface area is 160 Å². The molecule has 2 aromatic rings. The predicted molar refractivity (Wildman–Crippen MR) is 107 cm³/mol. The maximum Gasteiger partial charge on any atom is 0.315 e. The smallest absolute Gasteiger partial charge is 0.315 e. The number of ether oxygens (including phenoxy) is 2. The van der Waals surface area contributed by atoms with Crippen molar-refractivity contribution < 1.29 is 14.3 Å². The molecule has 0 bridgehead atoms. The third kappa shape index (κ3) is 4.84. The Morgan fingerprint density at radius 1 is 1.07 bits per heavy atom. The summed E-state index contributed by atoms with van der Waals surface area (Å²) in [6.07, 6.45) is 2.29. The minimum atomic E-state index is -0.171. The van der Waals surface area contributed by atoms with Crippen molar-refractivity contribution in [2.24, 2.45) is 0 Å². The summed E-state index contributed by atoms with van der Waals surface area (Å²) in [7, 11) is 3.20. The molecule has 6 nitrogen and oxygen atoms in total. The molecule has 0 aliphatic carbocycles. The molecule has 0 atom stereocenters. The molecule has 0 unspecified atom stereocenters. The first kappa shape index (κ1) is 18.9. The highest BCUT2D eigenvalue weighted by atomic mass is 16.5. The fourth-order valence-corrected chi connectivity index (χ4v) is 3.38. The van der Waals surface area contributed by atoms with Gasteiger partial charge in [0.05, 0.1) is 14.2 Å². The molecule has 2 amide bonds. The molecule has 0 fully saturated rings. The van der Waals surface area contributed by atoms with E-state index < -0.39 is 0 Å². The van der Waals surface area contributed by atoms with Crippen LogP contribution < -0.4 is 25.0 Å². The molecular formula is C21H27N3O3. The lowest BCUT2D eigenvalue weighted by Gasteiger charge is -2.31. The van der Waals surface area contributed by atoms with Crippen molar-refractivity contribution in [3.8, 4) is 11.5 Å². The molecule has 0 spiro atoms. The number of hydrogen-bond donors (Lipinski definition) is 2. The molecule has 6 heteroatoms. The number of fused-ring (bicyclic) bond motifs is 1. The van der Waals surface area contributed by atoms with Crippen LogP contribution in [0, 0.1) is 0 Å². The predicted octanol–water partition coefficient (Wildman–Crippen LogP) is 2.96. The van der Waals surface area contributed by atoms with Crippen molar-refractivity contribution >= 4 is 11.7 Å². The van der Waals surface area contributed by atoms with Crippen LogP contribution in [0.5, 0.6) is 11.5 Å². The van der Waals surface area contributed by atoms with Crippen molar-refractivity contribution in [1.29, 1.82) is 0 Å². The van der Waals surface area contributed by atoms with Gasteiger partial charge < -0.3 is 25.0 Å². The van der Waals surface area contributed by atoms with E-state index in [4.69, 9.17) is 9.47 Å². The van der Waals surface area contributed by atoms with E-state index in [-0.39, 0.29) is 6.03 Å². The molecule has 27 heavy (non-hydrogen) atoms. The number of amides is 2. The van der Waals surface area contributed by atoms with Crippen LogP contribution in [0.3, 0.4) is 0 Å². The molecule has 2 N–H and O–H groups in total. The Balaban J connectivity index is 1.44. The Bertz CT molecular complexity index is 779. The average Bonchev–Trinajstić information content (AvgIpc) is 2.72. The molecule has 2 aromatic carbocycles. The maximum absolute atomic E-state index is 12.1. The van der Waals surface area contributed by atoms with Crippen molar-refractivity contribution in [1.82, 2.24) is 10.6 Å². The van der Waals surface area contributed by atoms with Crippen LogP contribution in [-0.2, 0) is 13.0 Å². The maximum atomic E-state index is 12.1. The number of nitrogens with one attached hydrogen (secondary N) is 2. The summed E-state index contributed by atoms with van der Waals surface area (Å²) in [6.45, 7) is 2.87. The minimum absolute atomic E-state index is 0.171. The van der Waals surface area contributed by atoms with E-state index in [0.717, 1.165) is 31.5 Å². The summed E-state index contributed by atoms with van der Waals surface area (Å²) in [5, 5.41) is 5.81. The fourth-order valence-electron chi connectivity index (χ4n) is 3.38. The van der Waals surface area contributed by atoms with Crippen LogP contribution in [0.1, 0.15) is 17.5 Å². The van der Waals surface area contributed by atoms with E-state index in [1.807, 2.05) is 18.2 Å². The minimum Gasteiger partial charge on any atom is -0.493 e. The Morgan fingerprint density at radius 2 is 1.89 bits per heavy atom. The Morgan fingerprint density at radius 3 is 2.70 bits per heavy atom. The molecule has 3 rings (SSSR count). The van der Waals surface area contributed by atoms with Crippen molar-refractivity contribution in [2.45, 2.75) is 19.4 Å². The van der Waals surface area contributed by atoms with Gasteiger partial charge >= 0.3 is 6.03 Å². The van der Waals surface area contributed by atoms with Crippen LogP contribution in [0.25, 0.3) is 0 Å². The normalized spacial score (nSPS) is 12.9. The second kappa shape index (κ2) is 9.16. The molecule has 144 valence electrons. The number of para-hydroxylation sites is 1. The van der Waals surface area contributed by atoms with Gasteiger partial charge in [0.2, 0.25) is 0 Å². The van der Waals surface area contributed by atoms with Gasteiger partial charge in [-0.1, -0.05) is 24.3 Å². The summed E-state index contributed by atoms with van der Waals surface area (Å²) in [5.41, 5.74) is 3.63. The summed E-state index contributed by atoms with van der Waals surface area (Å²) in [6, 6.07) is 13.9. The van der Waals surface area contributed by atoms with Crippen molar-refractivity contribution in [2.75, 3.05) is 38.8 Å². The van der Waals surface area contributed by atoms with Gasteiger partial charge in [0.25, 0.3) is 0 Å². The molecule has 0 radical (unpaired) electrons. The first-order valence-electron chi connectivity index (χ1n) is 9.26. The number of carbonyl (C=O) groups excluding carboxylic acids is 1. The standard InChI is InChI=1S/C21H27N3O3/c1-26-19-10-9-16(14-20(19)27-2)15-23-21(25)22-11-13-24-12-5-7-17-6-3-4-8-18(17)24/h3-4,6,8-10,14H,5,7,11-13,15H2,1-2H3,(H2,22,23,25). The third-order valence-corrected chi connectivity index (χ3v) is 4.77. The Kier molecular flexibility index (Phi) is 6.41. The van der Waals surface area contributed by atoms with Crippen LogP contribution in [-0.4, -0.2) is 39.9 Å². The monoisotopic (exact) mass is 369 g/mol. The number of hydrogen-bond acceptors (Lipinski definition) is 4. The molecule has 1 aliphatic heterocycles. The van der Waals surface area contributed by atoms with Gasteiger partial charge in [0, 0.05) is 31.9 Å². The largest absolute Gasteiger partial charge is 0.493 e. The summed E-state index contributed by atoms with van der Waals surface area (Å²) in [4.78, 5) is 14.4. The van der Waals surface area contributed by atoms with Crippen LogP contribution in [0.4, 0.5) is 10.5 Å². The van der Waals surface area contributed by atoms with Crippen molar-refractivity contribution in [3.63, 3.8) is 0 Å². The SMILES string of the molecule is COc1ccc(CNC(=O)NCCN2CCCc3ccccc32)cc1OC. The number of urea groups is 1. The number of benzene rings is 2. The van der Waals surface area contributed by atoms with E-state index in [9.17, 15) is 4.79 Å². The van der Waals surface area contributed by atoms with Crippen LogP contribution in [0.15, 0.2) is 42.5 Å². The van der Waals surface area contributed by atoms with E-state index in [0.29, 0.717) is 24.6 Å². The fraction of sp³-hybridized carbons (Fsp3) is 0.381. The highest BCUT2D eigenvalue weighted by molar-refractivity contribution is 5.74. The zero-order chi connectivity index (χ0) is 19.1. The summed E-state index contributed by atoms with van der Waals surface area (Å²) < 4.78 is 10.5. The van der Waals surface area contributed by atoms with Gasteiger partial charge in [0.1, 0.15) is 0 Å². The van der Waals surface area contributed by atoms with Crippen LogP contribution >= 0.6 is 0 Å². The molecule has 0 saturated carbocycles. The van der Waals surface area contributed by atoms with Gasteiger partial charge in [-0.05, 0) is 42.2 Å². The number of rotatable bonds is 7. The lowest BCUT2D eigenvalue weighted by Crippen LogP contribution is -2.41. The van der Waals surface area contributed by atoms with E-state index in [1.165, 1.54) is 11.3 Å². The zero-order valence-electron chi connectivity index (χ0n) is 16.0.